The fourth-order valence-corrected chi connectivity index (χ4v) is 3.49. The summed E-state index contributed by atoms with van der Waals surface area (Å²) < 4.78 is 10.5. The summed E-state index contributed by atoms with van der Waals surface area (Å²) >= 11 is 0. The smallest absolute Gasteiger partial charge is 0.119 e. The predicted molar refractivity (Wildman–Crippen MR) is 86.9 cm³/mol. The molecule has 3 heteroatoms. The number of aliphatic hydroxyl groups is 1. The van der Waals surface area contributed by atoms with Gasteiger partial charge in [-0.3, -0.25) is 0 Å². The van der Waals surface area contributed by atoms with E-state index in [4.69, 9.17) is 9.47 Å². The average Bonchev–Trinajstić information content (AvgIpc) is 2.60. The highest BCUT2D eigenvalue weighted by Crippen LogP contribution is 2.43. The van der Waals surface area contributed by atoms with Crippen LogP contribution in [0.25, 0.3) is 0 Å². The molecule has 22 heavy (non-hydrogen) atoms. The van der Waals surface area contributed by atoms with Crippen LogP contribution in [0.5, 0.6) is 11.5 Å². The number of methoxy groups -OCH3 is 2. The maximum Gasteiger partial charge on any atom is 0.119 e. The van der Waals surface area contributed by atoms with Crippen LogP contribution in [0.1, 0.15) is 34.9 Å². The summed E-state index contributed by atoms with van der Waals surface area (Å²) in [6.07, 6.45) is 2.05. The lowest BCUT2D eigenvalue weighted by Gasteiger charge is -2.33. The van der Waals surface area contributed by atoms with Crippen molar-refractivity contribution in [3.8, 4) is 11.5 Å². The minimum Gasteiger partial charge on any atom is -0.497 e. The van der Waals surface area contributed by atoms with E-state index in [-0.39, 0.29) is 12.5 Å². The van der Waals surface area contributed by atoms with Crippen LogP contribution in [0.15, 0.2) is 42.5 Å². The molecule has 2 aromatic rings. The van der Waals surface area contributed by atoms with Crippen molar-refractivity contribution < 1.29 is 14.6 Å². The van der Waals surface area contributed by atoms with Gasteiger partial charge in [0.2, 0.25) is 0 Å². The monoisotopic (exact) mass is 298 g/mol. The Balaban J connectivity index is 1.93. The van der Waals surface area contributed by atoms with Gasteiger partial charge in [0.05, 0.1) is 20.8 Å². The highest BCUT2D eigenvalue weighted by Gasteiger charge is 2.30. The molecule has 116 valence electrons. The Hall–Kier alpha value is -2.00. The van der Waals surface area contributed by atoms with Crippen molar-refractivity contribution in [1.29, 1.82) is 0 Å². The van der Waals surface area contributed by atoms with Crippen LogP contribution < -0.4 is 9.47 Å². The number of hydrogen-bond acceptors (Lipinski definition) is 3. The molecule has 1 N–H and O–H groups in total. The third-order valence-corrected chi connectivity index (χ3v) is 4.70. The zero-order valence-electron chi connectivity index (χ0n) is 13.1. The van der Waals surface area contributed by atoms with Crippen LogP contribution in [0.3, 0.4) is 0 Å². The molecule has 0 aliphatic heterocycles. The summed E-state index contributed by atoms with van der Waals surface area (Å²) in [5.74, 6) is 2.24. The van der Waals surface area contributed by atoms with Crippen LogP contribution in [0.2, 0.25) is 0 Å². The number of ether oxygens (including phenoxy) is 2. The van der Waals surface area contributed by atoms with Gasteiger partial charge >= 0.3 is 0 Å². The predicted octanol–water partition coefficient (Wildman–Crippen LogP) is 3.51. The second-order valence-electron chi connectivity index (χ2n) is 5.77. The van der Waals surface area contributed by atoms with E-state index < -0.39 is 0 Å². The Kier molecular flexibility index (Phi) is 4.34. The molecule has 3 rings (SSSR count). The van der Waals surface area contributed by atoms with Gasteiger partial charge in [0.15, 0.2) is 0 Å². The molecule has 0 radical (unpaired) electrons. The van der Waals surface area contributed by atoms with E-state index in [1.165, 1.54) is 16.7 Å². The first-order chi connectivity index (χ1) is 10.8. The second-order valence-corrected chi connectivity index (χ2v) is 5.77. The Morgan fingerprint density at radius 1 is 1.00 bits per heavy atom. The van der Waals surface area contributed by atoms with Crippen LogP contribution in [0, 0.1) is 0 Å². The Bertz CT molecular complexity index is 634. The van der Waals surface area contributed by atoms with Gasteiger partial charge in [-0.1, -0.05) is 18.2 Å². The standard InChI is InChI=1S/C19H22O3/c1-21-15-6-3-13(4-7-15)17-9-5-14-11-16(22-2)8-10-18(14)19(17)12-20/h3-4,6-8,10-11,17,19-20H,5,9,12H2,1-2H3. The van der Waals surface area contributed by atoms with Gasteiger partial charge in [-0.2, -0.15) is 0 Å². The van der Waals surface area contributed by atoms with Gasteiger partial charge in [0, 0.05) is 5.92 Å². The van der Waals surface area contributed by atoms with E-state index in [1.54, 1.807) is 14.2 Å². The number of rotatable bonds is 4. The molecule has 1 aliphatic rings. The van der Waals surface area contributed by atoms with Crippen molar-refractivity contribution in [3.63, 3.8) is 0 Å². The van der Waals surface area contributed by atoms with Gasteiger partial charge in [-0.25, -0.2) is 0 Å². The van der Waals surface area contributed by atoms with Gasteiger partial charge < -0.3 is 14.6 Å². The van der Waals surface area contributed by atoms with Gasteiger partial charge in [-0.05, 0) is 59.7 Å². The number of hydrogen-bond donors (Lipinski definition) is 1. The molecular weight excluding hydrogens is 276 g/mol. The summed E-state index contributed by atoms with van der Waals surface area (Å²) in [5.41, 5.74) is 3.81. The first-order valence-corrected chi connectivity index (χ1v) is 7.68. The second kappa shape index (κ2) is 6.41. The molecule has 2 atom stereocenters. The van der Waals surface area contributed by atoms with Crippen LogP contribution in [-0.2, 0) is 6.42 Å². The first kappa shape index (κ1) is 14.9. The molecule has 0 spiro atoms. The molecule has 0 bridgehead atoms. The number of aliphatic hydroxyl groups excluding tert-OH is 1. The topological polar surface area (TPSA) is 38.7 Å². The first-order valence-electron chi connectivity index (χ1n) is 7.68. The maximum atomic E-state index is 9.94. The average molecular weight is 298 g/mol. The maximum absolute atomic E-state index is 9.94. The van der Waals surface area contributed by atoms with E-state index in [9.17, 15) is 5.11 Å². The van der Waals surface area contributed by atoms with E-state index in [2.05, 4.69) is 24.3 Å². The van der Waals surface area contributed by atoms with Gasteiger partial charge in [0.1, 0.15) is 11.5 Å². The highest BCUT2D eigenvalue weighted by molar-refractivity contribution is 5.43. The SMILES string of the molecule is COc1ccc(C2CCc3cc(OC)ccc3C2CO)cc1. The van der Waals surface area contributed by atoms with Crippen molar-refractivity contribution in [2.75, 3.05) is 20.8 Å². The van der Waals surface area contributed by atoms with Gasteiger partial charge in [-0.15, -0.1) is 0 Å². The third kappa shape index (κ3) is 2.69. The molecule has 1 aliphatic carbocycles. The lowest BCUT2D eigenvalue weighted by atomic mass is 9.72. The quantitative estimate of drug-likeness (QED) is 0.939. The van der Waals surface area contributed by atoms with Crippen LogP contribution in [0.4, 0.5) is 0 Å². The largest absolute Gasteiger partial charge is 0.497 e. The summed E-state index contributed by atoms with van der Waals surface area (Å²) in [6.45, 7) is 0.163. The van der Waals surface area contributed by atoms with E-state index >= 15 is 0 Å². The van der Waals surface area contributed by atoms with Crippen molar-refractivity contribution in [2.24, 2.45) is 0 Å². The Morgan fingerprint density at radius 2 is 1.68 bits per heavy atom. The van der Waals surface area contributed by atoms with E-state index in [1.807, 2.05) is 18.2 Å². The summed E-state index contributed by atoms with van der Waals surface area (Å²) in [4.78, 5) is 0. The molecule has 3 nitrogen and oxygen atoms in total. The molecule has 0 amide bonds. The van der Waals surface area contributed by atoms with Crippen molar-refractivity contribution in [3.05, 3.63) is 59.2 Å². The summed E-state index contributed by atoms with van der Waals surface area (Å²) in [7, 11) is 3.37. The minimum atomic E-state index is 0.142. The molecule has 0 heterocycles. The number of fused-ring (bicyclic) bond motifs is 1. The summed E-state index contributed by atoms with van der Waals surface area (Å²) in [5, 5.41) is 9.94. The molecule has 0 saturated carbocycles. The van der Waals surface area contributed by atoms with Crippen LogP contribution >= 0.6 is 0 Å². The highest BCUT2D eigenvalue weighted by atomic mass is 16.5. The zero-order chi connectivity index (χ0) is 15.5. The van der Waals surface area contributed by atoms with E-state index in [0.717, 1.165) is 24.3 Å². The Labute approximate surface area is 131 Å². The lowest BCUT2D eigenvalue weighted by Crippen LogP contribution is -2.22. The number of benzene rings is 2. The van der Waals surface area contributed by atoms with Gasteiger partial charge in [0.25, 0.3) is 0 Å². The van der Waals surface area contributed by atoms with Crippen molar-refractivity contribution >= 4 is 0 Å². The van der Waals surface area contributed by atoms with Crippen molar-refractivity contribution in [1.82, 2.24) is 0 Å². The molecular formula is C19H22O3. The lowest BCUT2D eigenvalue weighted by molar-refractivity contribution is 0.238. The minimum absolute atomic E-state index is 0.142. The molecule has 2 unspecified atom stereocenters. The third-order valence-electron chi connectivity index (χ3n) is 4.70. The molecule has 2 aromatic carbocycles. The fraction of sp³-hybridized carbons (Fsp3) is 0.368. The summed E-state index contributed by atoms with van der Waals surface area (Å²) in [6, 6.07) is 14.4. The molecule has 0 saturated heterocycles. The number of aryl methyl sites for hydroxylation is 1. The van der Waals surface area contributed by atoms with Crippen LogP contribution in [-0.4, -0.2) is 25.9 Å². The van der Waals surface area contributed by atoms with Crippen molar-refractivity contribution in [2.45, 2.75) is 24.7 Å². The molecule has 0 aromatic heterocycles. The molecule has 0 fully saturated rings. The fourth-order valence-electron chi connectivity index (χ4n) is 3.49. The Morgan fingerprint density at radius 3 is 2.32 bits per heavy atom. The normalized spacial score (nSPS) is 20.3. The zero-order valence-corrected chi connectivity index (χ0v) is 13.1. The van der Waals surface area contributed by atoms with E-state index in [0.29, 0.717) is 5.92 Å².